The molecule has 104 valence electrons. The minimum atomic E-state index is -0.262. The number of nitrogens with one attached hydrogen (secondary N) is 1. The first kappa shape index (κ1) is 14.0. The maximum atomic E-state index is 13.3. The largest absolute Gasteiger partial charge is 0.322 e. The summed E-state index contributed by atoms with van der Waals surface area (Å²) < 4.78 is 13.3. The summed E-state index contributed by atoms with van der Waals surface area (Å²) in [5.74, 6) is -0.132. The molecule has 2 unspecified atom stereocenters. The van der Waals surface area contributed by atoms with Gasteiger partial charge in [-0.2, -0.15) is 0 Å². The molecule has 1 N–H and O–H groups in total. The van der Waals surface area contributed by atoms with Crippen LogP contribution in [0, 0.1) is 5.82 Å². The zero-order valence-corrected chi connectivity index (χ0v) is 11.5. The van der Waals surface area contributed by atoms with Crippen LogP contribution in [-0.2, 0) is 4.79 Å². The van der Waals surface area contributed by atoms with Gasteiger partial charge in [0.1, 0.15) is 12.0 Å². The van der Waals surface area contributed by atoms with Crippen molar-refractivity contribution in [2.75, 3.05) is 6.54 Å². The standard InChI is InChI=1S/C15H21FN2O/c1-3-5-9-18-14(17-13(4-2)15(18)19)11-7-6-8-12(16)10-11/h6-8,10,13-14,17H,3-5,9H2,1-2H3. The van der Waals surface area contributed by atoms with E-state index in [0.29, 0.717) is 0 Å². The highest BCUT2D eigenvalue weighted by molar-refractivity contribution is 5.84. The molecule has 2 rings (SSSR count). The molecule has 3 nitrogen and oxygen atoms in total. The number of halogens is 1. The van der Waals surface area contributed by atoms with Gasteiger partial charge in [0.15, 0.2) is 0 Å². The van der Waals surface area contributed by atoms with Crippen molar-refractivity contribution in [3.63, 3.8) is 0 Å². The molecule has 1 aliphatic rings. The lowest BCUT2D eigenvalue weighted by atomic mass is 10.1. The van der Waals surface area contributed by atoms with E-state index in [1.807, 2.05) is 17.9 Å². The van der Waals surface area contributed by atoms with Gasteiger partial charge in [-0.15, -0.1) is 0 Å². The Hall–Kier alpha value is -1.42. The second-order valence-electron chi connectivity index (χ2n) is 4.97. The normalized spacial score (nSPS) is 23.1. The molecule has 4 heteroatoms. The van der Waals surface area contributed by atoms with E-state index >= 15 is 0 Å². The lowest BCUT2D eigenvalue weighted by Gasteiger charge is -2.24. The molecule has 0 radical (unpaired) electrons. The number of nitrogens with zero attached hydrogens (tertiary/aromatic N) is 1. The molecule has 0 aromatic heterocycles. The highest BCUT2D eigenvalue weighted by atomic mass is 19.1. The Morgan fingerprint density at radius 1 is 1.37 bits per heavy atom. The van der Waals surface area contributed by atoms with Gasteiger partial charge in [0.25, 0.3) is 0 Å². The highest BCUT2D eigenvalue weighted by Gasteiger charge is 2.38. The van der Waals surface area contributed by atoms with Crippen LogP contribution in [0.1, 0.15) is 44.8 Å². The third-order valence-electron chi connectivity index (χ3n) is 3.58. The topological polar surface area (TPSA) is 32.3 Å². The summed E-state index contributed by atoms with van der Waals surface area (Å²) in [5.41, 5.74) is 0.820. The Morgan fingerprint density at radius 2 is 2.16 bits per heavy atom. The van der Waals surface area contributed by atoms with Gasteiger partial charge in [-0.05, 0) is 30.5 Å². The monoisotopic (exact) mass is 264 g/mol. The predicted molar refractivity (Wildman–Crippen MR) is 73.0 cm³/mol. The Kier molecular flexibility index (Phi) is 4.53. The lowest BCUT2D eigenvalue weighted by Crippen LogP contribution is -2.31. The fourth-order valence-corrected chi connectivity index (χ4v) is 2.49. The van der Waals surface area contributed by atoms with Crippen LogP contribution in [0.2, 0.25) is 0 Å². The fourth-order valence-electron chi connectivity index (χ4n) is 2.49. The first-order chi connectivity index (χ1) is 9.17. The van der Waals surface area contributed by atoms with Crippen molar-refractivity contribution in [1.82, 2.24) is 10.2 Å². The van der Waals surface area contributed by atoms with Crippen LogP contribution in [0.4, 0.5) is 4.39 Å². The van der Waals surface area contributed by atoms with Gasteiger partial charge < -0.3 is 4.90 Å². The van der Waals surface area contributed by atoms with E-state index in [2.05, 4.69) is 12.2 Å². The summed E-state index contributed by atoms with van der Waals surface area (Å²) in [6.07, 6.45) is 2.57. The smallest absolute Gasteiger partial charge is 0.241 e. The number of carbonyl (C=O) groups excluding carboxylic acids is 1. The molecule has 1 heterocycles. The molecule has 0 spiro atoms. The number of unbranched alkanes of at least 4 members (excludes halogenated alkanes) is 1. The SMILES string of the molecule is CCCCN1C(=O)C(CC)NC1c1cccc(F)c1. The van der Waals surface area contributed by atoms with Crippen LogP contribution < -0.4 is 5.32 Å². The van der Waals surface area contributed by atoms with E-state index in [1.54, 1.807) is 6.07 Å². The molecule has 0 bridgehead atoms. The van der Waals surface area contributed by atoms with E-state index in [4.69, 9.17) is 0 Å². The molecular formula is C15H21FN2O. The fraction of sp³-hybridized carbons (Fsp3) is 0.533. The van der Waals surface area contributed by atoms with Gasteiger partial charge >= 0.3 is 0 Å². The van der Waals surface area contributed by atoms with Crippen LogP contribution in [0.25, 0.3) is 0 Å². The molecule has 0 aliphatic carbocycles. The van der Waals surface area contributed by atoms with Gasteiger partial charge in [0, 0.05) is 6.54 Å². The van der Waals surface area contributed by atoms with E-state index in [-0.39, 0.29) is 23.9 Å². The molecule has 1 aliphatic heterocycles. The molecule has 0 saturated carbocycles. The van der Waals surface area contributed by atoms with Crippen LogP contribution in [-0.4, -0.2) is 23.4 Å². The summed E-state index contributed by atoms with van der Waals surface area (Å²) >= 11 is 0. The number of rotatable bonds is 5. The second-order valence-corrected chi connectivity index (χ2v) is 4.97. The summed E-state index contributed by atoms with van der Waals surface area (Å²) in [7, 11) is 0. The minimum absolute atomic E-state index is 0.130. The molecule has 1 saturated heterocycles. The molecule has 1 amide bonds. The third-order valence-corrected chi connectivity index (χ3v) is 3.58. The average Bonchev–Trinajstić information content (AvgIpc) is 2.73. The van der Waals surface area contributed by atoms with Gasteiger partial charge in [-0.1, -0.05) is 32.4 Å². The maximum absolute atomic E-state index is 13.3. The van der Waals surface area contributed by atoms with Gasteiger partial charge in [0.2, 0.25) is 5.91 Å². The highest BCUT2D eigenvalue weighted by Crippen LogP contribution is 2.27. The third kappa shape index (κ3) is 2.95. The van der Waals surface area contributed by atoms with Gasteiger partial charge in [0.05, 0.1) is 6.04 Å². The lowest BCUT2D eigenvalue weighted by molar-refractivity contribution is -0.130. The number of amides is 1. The van der Waals surface area contributed by atoms with Gasteiger partial charge in [-0.25, -0.2) is 4.39 Å². The number of benzene rings is 1. The van der Waals surface area contributed by atoms with E-state index in [0.717, 1.165) is 31.4 Å². The average molecular weight is 264 g/mol. The number of hydrogen-bond acceptors (Lipinski definition) is 2. The van der Waals surface area contributed by atoms with Crippen LogP contribution in [0.5, 0.6) is 0 Å². The Labute approximate surface area is 113 Å². The molecule has 1 aromatic rings. The minimum Gasteiger partial charge on any atom is -0.322 e. The molecule has 1 aromatic carbocycles. The van der Waals surface area contributed by atoms with Crippen molar-refractivity contribution < 1.29 is 9.18 Å². The van der Waals surface area contributed by atoms with Crippen LogP contribution in [0.3, 0.4) is 0 Å². The quantitative estimate of drug-likeness (QED) is 0.887. The first-order valence-electron chi connectivity index (χ1n) is 6.99. The summed E-state index contributed by atoms with van der Waals surface area (Å²) in [5, 5.41) is 3.30. The Balaban J connectivity index is 2.23. The first-order valence-corrected chi connectivity index (χ1v) is 6.99. The van der Waals surface area contributed by atoms with Crippen molar-refractivity contribution in [3.05, 3.63) is 35.6 Å². The molecule has 2 atom stereocenters. The Morgan fingerprint density at radius 3 is 2.79 bits per heavy atom. The summed E-state index contributed by atoms with van der Waals surface area (Å²) in [6.45, 7) is 4.81. The van der Waals surface area contributed by atoms with Crippen molar-refractivity contribution >= 4 is 5.91 Å². The maximum Gasteiger partial charge on any atom is 0.241 e. The van der Waals surface area contributed by atoms with E-state index in [9.17, 15) is 9.18 Å². The zero-order valence-electron chi connectivity index (χ0n) is 11.5. The van der Waals surface area contributed by atoms with Crippen LogP contribution in [0.15, 0.2) is 24.3 Å². The second kappa shape index (κ2) is 6.15. The van der Waals surface area contributed by atoms with E-state index < -0.39 is 0 Å². The van der Waals surface area contributed by atoms with Gasteiger partial charge in [-0.3, -0.25) is 10.1 Å². The summed E-state index contributed by atoms with van der Waals surface area (Å²) in [6, 6.07) is 6.33. The van der Waals surface area contributed by atoms with Crippen molar-refractivity contribution in [2.24, 2.45) is 0 Å². The number of carbonyl (C=O) groups is 1. The number of hydrogen-bond donors (Lipinski definition) is 1. The van der Waals surface area contributed by atoms with Crippen molar-refractivity contribution in [1.29, 1.82) is 0 Å². The molecule has 19 heavy (non-hydrogen) atoms. The summed E-state index contributed by atoms with van der Waals surface area (Å²) in [4.78, 5) is 14.1. The van der Waals surface area contributed by atoms with Crippen molar-refractivity contribution in [2.45, 2.75) is 45.3 Å². The van der Waals surface area contributed by atoms with E-state index in [1.165, 1.54) is 12.1 Å². The molecular weight excluding hydrogens is 243 g/mol. The zero-order chi connectivity index (χ0) is 13.8. The Bertz CT molecular complexity index is 450. The van der Waals surface area contributed by atoms with Crippen LogP contribution >= 0.6 is 0 Å². The molecule has 1 fully saturated rings. The predicted octanol–water partition coefficient (Wildman–Crippen LogP) is 2.83. The van der Waals surface area contributed by atoms with Crippen molar-refractivity contribution in [3.8, 4) is 0 Å².